The van der Waals surface area contributed by atoms with E-state index in [4.69, 9.17) is 0 Å². The van der Waals surface area contributed by atoms with Crippen molar-refractivity contribution in [3.8, 4) is 0 Å². The van der Waals surface area contributed by atoms with Crippen molar-refractivity contribution in [2.75, 3.05) is 13.1 Å². The number of hydrogen-bond acceptors (Lipinski definition) is 3. The van der Waals surface area contributed by atoms with Crippen LogP contribution < -0.4 is 5.32 Å². The van der Waals surface area contributed by atoms with Crippen molar-refractivity contribution < 1.29 is 0 Å². The molecule has 1 N–H and O–H groups in total. The van der Waals surface area contributed by atoms with Crippen molar-refractivity contribution in [1.82, 2.24) is 20.1 Å². The van der Waals surface area contributed by atoms with Crippen LogP contribution in [0.25, 0.3) is 0 Å². The zero-order valence-corrected chi connectivity index (χ0v) is 8.25. The van der Waals surface area contributed by atoms with E-state index in [1.165, 1.54) is 0 Å². The number of hydrogen-bond donors (Lipinski definition) is 1. The molecule has 1 aromatic rings. The maximum absolute atomic E-state index is 4.19. The summed E-state index contributed by atoms with van der Waals surface area (Å²) >= 11 is 0. The summed E-state index contributed by atoms with van der Waals surface area (Å²) in [5, 5.41) is 11.6. The molecular formula is C9H16N4. The summed E-state index contributed by atoms with van der Waals surface area (Å²) in [6.45, 7) is 7.40. The van der Waals surface area contributed by atoms with Gasteiger partial charge in [0.25, 0.3) is 0 Å². The summed E-state index contributed by atoms with van der Waals surface area (Å²) in [7, 11) is 0. The third-order valence-electron chi connectivity index (χ3n) is 2.67. The first-order valence-electron chi connectivity index (χ1n) is 4.90. The Balaban J connectivity index is 2.09. The van der Waals surface area contributed by atoms with Gasteiger partial charge < -0.3 is 9.88 Å². The summed E-state index contributed by atoms with van der Waals surface area (Å²) < 4.78 is 2.19. The van der Waals surface area contributed by atoms with Crippen LogP contribution in [0.2, 0.25) is 0 Å². The molecule has 0 spiro atoms. The lowest BCUT2D eigenvalue weighted by atomic mass is 9.99. The van der Waals surface area contributed by atoms with Crippen LogP contribution in [0.5, 0.6) is 0 Å². The summed E-state index contributed by atoms with van der Waals surface area (Å²) in [6, 6.07) is 0. The molecule has 2 rings (SSSR count). The molecule has 2 heterocycles. The molecule has 1 saturated heterocycles. The van der Waals surface area contributed by atoms with E-state index in [1.54, 1.807) is 0 Å². The van der Waals surface area contributed by atoms with Gasteiger partial charge in [-0.3, -0.25) is 0 Å². The lowest BCUT2D eigenvalue weighted by molar-refractivity contribution is 0.337. The van der Waals surface area contributed by atoms with Crippen LogP contribution in [0, 0.1) is 12.8 Å². The Morgan fingerprint density at radius 3 is 2.77 bits per heavy atom. The van der Waals surface area contributed by atoms with E-state index in [1.807, 2.05) is 6.92 Å². The van der Waals surface area contributed by atoms with Gasteiger partial charge in [-0.15, -0.1) is 10.2 Å². The van der Waals surface area contributed by atoms with Gasteiger partial charge in [-0.25, -0.2) is 0 Å². The smallest absolute Gasteiger partial charge is 0.133 e. The molecule has 1 aliphatic rings. The van der Waals surface area contributed by atoms with E-state index < -0.39 is 0 Å². The maximum atomic E-state index is 4.19. The van der Waals surface area contributed by atoms with Crippen LogP contribution in [0.15, 0.2) is 0 Å². The second-order valence-electron chi connectivity index (χ2n) is 3.64. The molecule has 13 heavy (non-hydrogen) atoms. The van der Waals surface area contributed by atoms with Crippen LogP contribution in [-0.4, -0.2) is 27.9 Å². The molecule has 0 bridgehead atoms. The predicted octanol–water partition coefficient (Wildman–Crippen LogP) is 0.368. The van der Waals surface area contributed by atoms with Crippen LogP contribution in [-0.2, 0) is 13.0 Å². The molecule has 0 radical (unpaired) electrons. The van der Waals surface area contributed by atoms with E-state index >= 15 is 0 Å². The van der Waals surface area contributed by atoms with Gasteiger partial charge in [0, 0.05) is 13.0 Å². The molecular weight excluding hydrogens is 164 g/mol. The highest BCUT2D eigenvalue weighted by Gasteiger charge is 2.20. The Kier molecular flexibility index (Phi) is 2.31. The normalized spacial score (nSPS) is 17.4. The van der Waals surface area contributed by atoms with Crippen LogP contribution >= 0.6 is 0 Å². The summed E-state index contributed by atoms with van der Waals surface area (Å²) in [5.74, 6) is 2.95. The number of nitrogens with zero attached hydrogens (tertiary/aromatic N) is 3. The van der Waals surface area contributed by atoms with Gasteiger partial charge in [0.15, 0.2) is 0 Å². The second-order valence-corrected chi connectivity index (χ2v) is 3.64. The van der Waals surface area contributed by atoms with E-state index in [2.05, 4.69) is 27.0 Å². The molecule has 4 heteroatoms. The quantitative estimate of drug-likeness (QED) is 0.730. The second kappa shape index (κ2) is 3.46. The summed E-state index contributed by atoms with van der Waals surface area (Å²) in [4.78, 5) is 0. The Labute approximate surface area is 78.4 Å². The Hall–Kier alpha value is -0.900. The van der Waals surface area contributed by atoms with Crippen LogP contribution in [0.4, 0.5) is 0 Å². The number of aryl methyl sites for hydroxylation is 1. The van der Waals surface area contributed by atoms with Crippen molar-refractivity contribution >= 4 is 0 Å². The van der Waals surface area contributed by atoms with E-state index in [-0.39, 0.29) is 0 Å². The average Bonchev–Trinajstić information content (AvgIpc) is 2.39. The molecule has 0 aromatic carbocycles. The van der Waals surface area contributed by atoms with E-state index in [0.717, 1.165) is 43.6 Å². The third kappa shape index (κ3) is 1.58. The first kappa shape index (κ1) is 8.69. The zero-order chi connectivity index (χ0) is 9.26. The van der Waals surface area contributed by atoms with Crippen molar-refractivity contribution in [2.24, 2.45) is 5.92 Å². The first-order chi connectivity index (χ1) is 6.31. The SMILES string of the molecule is CCn1c(C)nnc1CC1CNC1. The van der Waals surface area contributed by atoms with Gasteiger partial charge in [0.2, 0.25) is 0 Å². The molecule has 0 saturated carbocycles. The largest absolute Gasteiger partial charge is 0.316 e. The standard InChI is InChI=1S/C9H16N4/c1-3-13-7(2)11-12-9(13)4-8-5-10-6-8/h8,10H,3-6H2,1-2H3. The molecule has 0 atom stereocenters. The zero-order valence-electron chi connectivity index (χ0n) is 8.25. The van der Waals surface area contributed by atoms with Crippen LogP contribution in [0.3, 0.4) is 0 Å². The molecule has 72 valence electrons. The van der Waals surface area contributed by atoms with Crippen molar-refractivity contribution in [3.63, 3.8) is 0 Å². The molecule has 0 amide bonds. The molecule has 0 aliphatic carbocycles. The maximum Gasteiger partial charge on any atom is 0.133 e. The third-order valence-corrected chi connectivity index (χ3v) is 2.67. The Bertz CT molecular complexity index is 288. The molecule has 1 fully saturated rings. The minimum atomic E-state index is 0.772. The Morgan fingerprint density at radius 2 is 2.23 bits per heavy atom. The molecule has 1 aromatic heterocycles. The molecule has 4 nitrogen and oxygen atoms in total. The van der Waals surface area contributed by atoms with Crippen LogP contribution in [0.1, 0.15) is 18.6 Å². The first-order valence-corrected chi connectivity index (χ1v) is 4.90. The number of nitrogens with one attached hydrogen (secondary N) is 1. The highest BCUT2D eigenvalue weighted by Crippen LogP contribution is 2.11. The average molecular weight is 180 g/mol. The predicted molar refractivity (Wildman–Crippen MR) is 50.5 cm³/mol. The molecule has 1 aliphatic heterocycles. The van der Waals surface area contributed by atoms with Gasteiger partial charge in [-0.2, -0.15) is 0 Å². The topological polar surface area (TPSA) is 42.7 Å². The fourth-order valence-electron chi connectivity index (χ4n) is 1.74. The number of aromatic nitrogens is 3. The monoisotopic (exact) mass is 180 g/mol. The lowest BCUT2D eigenvalue weighted by Gasteiger charge is -2.26. The fourth-order valence-corrected chi connectivity index (χ4v) is 1.74. The van der Waals surface area contributed by atoms with Gasteiger partial charge >= 0.3 is 0 Å². The van der Waals surface area contributed by atoms with E-state index in [0.29, 0.717) is 0 Å². The van der Waals surface area contributed by atoms with Crippen molar-refractivity contribution in [1.29, 1.82) is 0 Å². The number of rotatable bonds is 3. The lowest BCUT2D eigenvalue weighted by Crippen LogP contribution is -2.43. The van der Waals surface area contributed by atoms with Crippen molar-refractivity contribution in [2.45, 2.75) is 26.8 Å². The minimum absolute atomic E-state index is 0.772. The summed E-state index contributed by atoms with van der Waals surface area (Å²) in [5.41, 5.74) is 0. The van der Waals surface area contributed by atoms with Gasteiger partial charge in [-0.05, 0) is 32.9 Å². The van der Waals surface area contributed by atoms with Gasteiger partial charge in [0.1, 0.15) is 11.6 Å². The van der Waals surface area contributed by atoms with Gasteiger partial charge in [0.05, 0.1) is 0 Å². The van der Waals surface area contributed by atoms with E-state index in [9.17, 15) is 0 Å². The van der Waals surface area contributed by atoms with Gasteiger partial charge in [-0.1, -0.05) is 0 Å². The highest BCUT2D eigenvalue weighted by atomic mass is 15.3. The van der Waals surface area contributed by atoms with Crippen molar-refractivity contribution in [3.05, 3.63) is 11.6 Å². The minimum Gasteiger partial charge on any atom is -0.316 e. The highest BCUT2D eigenvalue weighted by molar-refractivity contribution is 4.97. The fraction of sp³-hybridized carbons (Fsp3) is 0.778. The molecule has 0 unspecified atom stereocenters. The Morgan fingerprint density at radius 1 is 1.46 bits per heavy atom. The summed E-state index contributed by atoms with van der Waals surface area (Å²) in [6.07, 6.45) is 1.07.